The van der Waals surface area contributed by atoms with Crippen LogP contribution in [0.25, 0.3) is 0 Å². The Morgan fingerprint density at radius 3 is 1.80 bits per heavy atom. The van der Waals surface area contributed by atoms with Crippen molar-refractivity contribution in [3.05, 3.63) is 41.0 Å². The third-order valence-corrected chi connectivity index (χ3v) is 5.96. The lowest BCUT2D eigenvalue weighted by molar-refractivity contribution is -0.923. The van der Waals surface area contributed by atoms with Crippen LogP contribution in [-0.2, 0) is 12.8 Å². The van der Waals surface area contributed by atoms with Crippen LogP contribution in [0.15, 0.2) is 24.3 Å². The average molecular weight is 438 g/mol. The van der Waals surface area contributed by atoms with Crippen LogP contribution in [0.5, 0.6) is 28.7 Å². The molecule has 0 spiro atoms. The second-order valence-corrected chi connectivity index (χ2v) is 7.91. The third kappa shape index (κ3) is 4.40. The molecular formula is C23H32ClNO5. The zero-order valence-electron chi connectivity index (χ0n) is 18.9. The molecule has 0 saturated heterocycles. The number of nitrogens with zero attached hydrogens (tertiary/aromatic N) is 1. The quantitative estimate of drug-likeness (QED) is 0.595. The Balaban J connectivity index is 0.00000320. The van der Waals surface area contributed by atoms with Crippen LogP contribution in [0.3, 0.4) is 0 Å². The lowest BCUT2D eigenvalue weighted by Crippen LogP contribution is -3.00. The van der Waals surface area contributed by atoms with Gasteiger partial charge in [0.2, 0.25) is 5.75 Å². The maximum absolute atomic E-state index is 5.58. The molecule has 0 aliphatic carbocycles. The van der Waals surface area contributed by atoms with Crippen molar-refractivity contribution in [1.29, 1.82) is 0 Å². The Labute approximate surface area is 185 Å². The Morgan fingerprint density at radius 2 is 1.30 bits per heavy atom. The van der Waals surface area contributed by atoms with Gasteiger partial charge < -0.3 is 40.6 Å². The van der Waals surface area contributed by atoms with Gasteiger partial charge in [0, 0.05) is 18.4 Å². The number of hydrogen-bond acceptors (Lipinski definition) is 5. The molecule has 1 aliphatic heterocycles. The van der Waals surface area contributed by atoms with Gasteiger partial charge in [-0.15, -0.1) is 0 Å². The number of halogens is 1. The summed E-state index contributed by atoms with van der Waals surface area (Å²) >= 11 is 0. The molecule has 0 radical (unpaired) electrons. The Kier molecular flexibility index (Phi) is 7.72. The zero-order chi connectivity index (χ0) is 21.2. The lowest BCUT2D eigenvalue weighted by atomic mass is 9.86. The van der Waals surface area contributed by atoms with Crippen LogP contribution in [0.4, 0.5) is 0 Å². The molecule has 0 saturated carbocycles. The van der Waals surface area contributed by atoms with Crippen LogP contribution >= 0.6 is 0 Å². The molecule has 2 aromatic rings. The lowest BCUT2D eigenvalue weighted by Gasteiger charge is -2.43. The molecule has 0 aromatic heterocycles. The van der Waals surface area contributed by atoms with Gasteiger partial charge >= 0.3 is 0 Å². The van der Waals surface area contributed by atoms with Crippen LogP contribution < -0.4 is 36.1 Å². The van der Waals surface area contributed by atoms with Gasteiger partial charge in [-0.3, -0.25) is 0 Å². The minimum absolute atomic E-state index is 0. The van der Waals surface area contributed by atoms with E-state index in [1.807, 2.05) is 12.1 Å². The SMILES string of the molecule is COc1cc2c(cc1OC)C(Cc1cc(OC)c(OC)c(OC)c1)[N+](C)(C)CC2.[Cl-]. The summed E-state index contributed by atoms with van der Waals surface area (Å²) in [7, 11) is 12.8. The van der Waals surface area contributed by atoms with E-state index in [1.165, 1.54) is 11.1 Å². The van der Waals surface area contributed by atoms with E-state index in [1.54, 1.807) is 35.5 Å². The van der Waals surface area contributed by atoms with Crippen molar-refractivity contribution < 1.29 is 40.6 Å². The van der Waals surface area contributed by atoms with Crippen molar-refractivity contribution >= 4 is 0 Å². The predicted octanol–water partition coefficient (Wildman–Crippen LogP) is 0.650. The highest BCUT2D eigenvalue weighted by atomic mass is 35.5. The zero-order valence-corrected chi connectivity index (χ0v) is 19.6. The van der Waals surface area contributed by atoms with Gasteiger partial charge in [0.05, 0.1) is 56.2 Å². The summed E-state index contributed by atoms with van der Waals surface area (Å²) in [4.78, 5) is 0. The van der Waals surface area contributed by atoms with E-state index < -0.39 is 0 Å². The van der Waals surface area contributed by atoms with E-state index in [0.717, 1.165) is 40.9 Å². The van der Waals surface area contributed by atoms with Crippen LogP contribution in [0.2, 0.25) is 0 Å². The fourth-order valence-electron chi connectivity index (χ4n) is 4.24. The van der Waals surface area contributed by atoms with Crippen molar-refractivity contribution in [3.8, 4) is 28.7 Å². The molecular weight excluding hydrogens is 406 g/mol. The maximum atomic E-state index is 5.58. The normalized spacial score (nSPS) is 16.7. The van der Waals surface area contributed by atoms with Crippen molar-refractivity contribution in [2.75, 3.05) is 56.2 Å². The number of fused-ring (bicyclic) bond motifs is 1. The molecule has 30 heavy (non-hydrogen) atoms. The predicted molar refractivity (Wildman–Crippen MR) is 113 cm³/mol. The number of likely N-dealkylation sites (N-methyl/N-ethyl adjacent to an activating group) is 1. The summed E-state index contributed by atoms with van der Waals surface area (Å²) < 4.78 is 28.6. The molecule has 3 rings (SSSR count). The monoisotopic (exact) mass is 437 g/mol. The van der Waals surface area contributed by atoms with Crippen molar-refractivity contribution in [2.24, 2.45) is 0 Å². The van der Waals surface area contributed by atoms with Crippen molar-refractivity contribution in [2.45, 2.75) is 18.9 Å². The van der Waals surface area contributed by atoms with E-state index >= 15 is 0 Å². The summed E-state index contributed by atoms with van der Waals surface area (Å²) in [6, 6.07) is 8.60. The molecule has 166 valence electrons. The molecule has 2 aromatic carbocycles. The highest BCUT2D eigenvalue weighted by Gasteiger charge is 2.37. The molecule has 0 N–H and O–H groups in total. The second kappa shape index (κ2) is 9.67. The smallest absolute Gasteiger partial charge is 0.203 e. The topological polar surface area (TPSA) is 46.2 Å². The molecule has 1 atom stereocenters. The molecule has 1 heterocycles. The number of hydrogen-bond donors (Lipinski definition) is 0. The van der Waals surface area contributed by atoms with Gasteiger partial charge in [0.25, 0.3) is 0 Å². The number of rotatable bonds is 7. The fourth-order valence-corrected chi connectivity index (χ4v) is 4.24. The molecule has 6 nitrogen and oxygen atoms in total. The maximum Gasteiger partial charge on any atom is 0.203 e. The fraction of sp³-hybridized carbons (Fsp3) is 0.478. The van der Waals surface area contributed by atoms with Crippen molar-refractivity contribution in [1.82, 2.24) is 0 Å². The van der Waals surface area contributed by atoms with Gasteiger partial charge in [-0.25, -0.2) is 0 Å². The number of ether oxygens (including phenoxy) is 5. The number of benzene rings is 2. The molecule has 7 heteroatoms. The van der Waals surface area contributed by atoms with E-state index in [4.69, 9.17) is 23.7 Å². The summed E-state index contributed by atoms with van der Waals surface area (Å²) in [5.41, 5.74) is 3.75. The highest BCUT2D eigenvalue weighted by Crippen LogP contribution is 2.44. The minimum Gasteiger partial charge on any atom is -1.00 e. The molecule has 0 amide bonds. The van der Waals surface area contributed by atoms with Gasteiger partial charge in [0.15, 0.2) is 23.0 Å². The van der Waals surface area contributed by atoms with Gasteiger partial charge in [-0.2, -0.15) is 0 Å². The summed E-state index contributed by atoms with van der Waals surface area (Å²) in [6.07, 6.45) is 1.85. The van der Waals surface area contributed by atoms with E-state index in [0.29, 0.717) is 17.2 Å². The summed E-state index contributed by atoms with van der Waals surface area (Å²) in [5, 5.41) is 0. The van der Waals surface area contributed by atoms with Crippen LogP contribution in [0, 0.1) is 0 Å². The van der Waals surface area contributed by atoms with Gasteiger partial charge in [-0.1, -0.05) is 0 Å². The first-order valence-electron chi connectivity index (χ1n) is 9.74. The Bertz CT molecular complexity index is 859. The Morgan fingerprint density at radius 1 is 0.767 bits per heavy atom. The van der Waals surface area contributed by atoms with Gasteiger partial charge in [0.1, 0.15) is 6.04 Å². The minimum atomic E-state index is 0. The largest absolute Gasteiger partial charge is 1.00 e. The first-order chi connectivity index (χ1) is 13.9. The number of methoxy groups -OCH3 is 5. The Hall–Kier alpha value is -2.31. The van der Waals surface area contributed by atoms with Crippen LogP contribution in [-0.4, -0.2) is 60.7 Å². The van der Waals surface area contributed by atoms with E-state index in [-0.39, 0.29) is 18.4 Å². The first-order valence-corrected chi connectivity index (χ1v) is 9.74. The third-order valence-electron chi connectivity index (χ3n) is 5.96. The van der Waals surface area contributed by atoms with Gasteiger partial charge in [-0.05, 0) is 35.4 Å². The van der Waals surface area contributed by atoms with E-state index in [9.17, 15) is 0 Å². The molecule has 1 unspecified atom stereocenters. The van der Waals surface area contributed by atoms with E-state index in [2.05, 4.69) is 26.2 Å². The highest BCUT2D eigenvalue weighted by molar-refractivity contribution is 5.54. The number of quaternary nitrogens is 1. The van der Waals surface area contributed by atoms with Crippen molar-refractivity contribution in [3.63, 3.8) is 0 Å². The molecule has 1 aliphatic rings. The summed E-state index contributed by atoms with van der Waals surface area (Å²) in [6.45, 7) is 1.05. The molecule has 0 bridgehead atoms. The summed E-state index contributed by atoms with van der Waals surface area (Å²) in [5.74, 6) is 3.52. The average Bonchev–Trinajstić information content (AvgIpc) is 2.73. The molecule has 0 fully saturated rings. The first kappa shape index (κ1) is 24.0. The second-order valence-electron chi connectivity index (χ2n) is 7.91. The standard InChI is InChI=1S/C23H32NO5.ClH/c1-24(2)9-8-16-13-19(25-3)20(26-4)14-17(16)18(24)10-15-11-21(27-5)23(29-7)22(12-15)28-6;/h11-14,18H,8-10H2,1-7H3;1H/q+1;/p-1. The van der Waals surface area contributed by atoms with Crippen LogP contribution in [0.1, 0.15) is 22.7 Å².